The molecule has 180 valence electrons. The Kier molecular flexibility index (Phi) is 7.14. The highest BCUT2D eigenvalue weighted by Crippen LogP contribution is 2.38. The van der Waals surface area contributed by atoms with Crippen molar-refractivity contribution in [1.29, 1.82) is 0 Å². The van der Waals surface area contributed by atoms with E-state index in [0.717, 1.165) is 17.5 Å². The van der Waals surface area contributed by atoms with E-state index in [0.29, 0.717) is 5.69 Å². The Morgan fingerprint density at radius 1 is 0.824 bits per heavy atom. The number of hydrogen-bond donors (Lipinski definition) is 2. The van der Waals surface area contributed by atoms with Crippen molar-refractivity contribution >= 4 is 21.2 Å². The van der Waals surface area contributed by atoms with Crippen LogP contribution in [0, 0.1) is 5.41 Å². The average molecular weight is 482 g/mol. The SMILES string of the molecule is CC(C)(C)CC(C)(C)c1ccc(O)c(-n2nc3ccccc3n2)c1.O=S(=O)(O)c1ccccc1. The van der Waals surface area contributed by atoms with Crippen molar-refractivity contribution in [2.75, 3.05) is 0 Å². The molecule has 0 fully saturated rings. The van der Waals surface area contributed by atoms with E-state index in [-0.39, 0.29) is 21.5 Å². The summed E-state index contributed by atoms with van der Waals surface area (Å²) in [5, 5.41) is 19.3. The van der Waals surface area contributed by atoms with E-state index < -0.39 is 10.1 Å². The van der Waals surface area contributed by atoms with Crippen molar-refractivity contribution in [3.8, 4) is 11.4 Å². The van der Waals surface area contributed by atoms with Crippen LogP contribution in [-0.4, -0.2) is 33.1 Å². The predicted octanol–water partition coefficient (Wildman–Crippen LogP) is 5.77. The van der Waals surface area contributed by atoms with Crippen LogP contribution in [0.25, 0.3) is 16.7 Å². The molecule has 0 aliphatic carbocycles. The zero-order valence-corrected chi connectivity index (χ0v) is 20.9. The first-order valence-electron chi connectivity index (χ1n) is 10.9. The van der Waals surface area contributed by atoms with Gasteiger partial charge >= 0.3 is 0 Å². The summed E-state index contributed by atoms with van der Waals surface area (Å²) in [7, 11) is -4.00. The number of hydrogen-bond acceptors (Lipinski definition) is 5. The molecular formula is C26H31N3O4S. The summed E-state index contributed by atoms with van der Waals surface area (Å²) in [4.78, 5) is 1.45. The lowest BCUT2D eigenvalue weighted by atomic mass is 9.72. The van der Waals surface area contributed by atoms with Crippen LogP contribution in [0.3, 0.4) is 0 Å². The number of benzene rings is 3. The van der Waals surface area contributed by atoms with Crippen molar-refractivity contribution in [2.24, 2.45) is 5.41 Å². The van der Waals surface area contributed by atoms with Crippen LogP contribution in [0.5, 0.6) is 5.75 Å². The third-order valence-electron chi connectivity index (χ3n) is 5.27. The maximum atomic E-state index is 10.4. The van der Waals surface area contributed by atoms with E-state index >= 15 is 0 Å². The van der Waals surface area contributed by atoms with Gasteiger partial charge in [0.1, 0.15) is 22.5 Å². The van der Waals surface area contributed by atoms with E-state index in [1.807, 2.05) is 36.4 Å². The topological polar surface area (TPSA) is 105 Å². The van der Waals surface area contributed by atoms with Crippen LogP contribution in [0.2, 0.25) is 0 Å². The number of nitrogens with zero attached hydrogens (tertiary/aromatic N) is 3. The highest BCUT2D eigenvalue weighted by Gasteiger charge is 2.28. The van der Waals surface area contributed by atoms with Gasteiger partial charge in [0.25, 0.3) is 10.1 Å². The van der Waals surface area contributed by atoms with Gasteiger partial charge in [-0.3, -0.25) is 4.55 Å². The van der Waals surface area contributed by atoms with Crippen molar-refractivity contribution in [1.82, 2.24) is 15.0 Å². The van der Waals surface area contributed by atoms with Crippen LogP contribution in [0.15, 0.2) is 77.7 Å². The van der Waals surface area contributed by atoms with Gasteiger partial charge in [-0.1, -0.05) is 71.0 Å². The fraction of sp³-hybridized carbons (Fsp3) is 0.308. The molecule has 0 spiro atoms. The first-order valence-corrected chi connectivity index (χ1v) is 12.4. The fourth-order valence-corrected chi connectivity index (χ4v) is 4.59. The monoisotopic (exact) mass is 481 g/mol. The Labute approximate surface area is 200 Å². The Morgan fingerprint density at radius 2 is 1.35 bits per heavy atom. The standard InChI is InChI=1S/C20H25N3O.C6H6O3S/c1-19(2,3)13-20(4,5)14-10-11-18(24)17(12-14)23-21-15-8-6-7-9-16(15)22-23;7-10(8,9)6-4-2-1-3-5-6/h6-12,24H,13H2,1-5H3;1-5H,(H,7,8,9). The molecule has 4 rings (SSSR count). The minimum atomic E-state index is -4.00. The molecule has 8 heteroatoms. The molecule has 0 aliphatic rings. The Morgan fingerprint density at radius 3 is 1.82 bits per heavy atom. The maximum absolute atomic E-state index is 10.4. The largest absolute Gasteiger partial charge is 0.506 e. The van der Waals surface area contributed by atoms with Crippen LogP contribution >= 0.6 is 0 Å². The Bertz CT molecular complexity index is 1340. The Balaban J connectivity index is 0.000000271. The predicted molar refractivity (Wildman–Crippen MR) is 134 cm³/mol. The molecule has 3 aromatic carbocycles. The minimum Gasteiger partial charge on any atom is -0.506 e. The van der Waals surface area contributed by atoms with E-state index in [1.165, 1.54) is 22.5 Å². The second-order valence-electron chi connectivity index (χ2n) is 10.1. The van der Waals surface area contributed by atoms with E-state index in [1.54, 1.807) is 24.3 Å². The molecule has 2 N–H and O–H groups in total. The van der Waals surface area contributed by atoms with Gasteiger partial charge < -0.3 is 5.11 Å². The number of aromatic hydroxyl groups is 1. The smallest absolute Gasteiger partial charge is 0.294 e. The Hall–Kier alpha value is -3.23. The van der Waals surface area contributed by atoms with Crippen molar-refractivity contribution < 1.29 is 18.1 Å². The minimum absolute atomic E-state index is 0.00667. The molecule has 0 atom stereocenters. The van der Waals surface area contributed by atoms with Gasteiger partial charge in [0.15, 0.2) is 0 Å². The molecule has 1 aromatic heterocycles. The molecule has 0 saturated carbocycles. The average Bonchev–Trinajstić information content (AvgIpc) is 3.17. The molecule has 0 amide bonds. The maximum Gasteiger partial charge on any atom is 0.294 e. The first-order chi connectivity index (χ1) is 15.8. The molecule has 0 bridgehead atoms. The summed E-state index contributed by atoms with van der Waals surface area (Å²) in [5.74, 6) is 0.186. The van der Waals surface area contributed by atoms with Crippen LogP contribution < -0.4 is 0 Å². The van der Waals surface area contributed by atoms with Gasteiger partial charge in [-0.05, 0) is 59.2 Å². The summed E-state index contributed by atoms with van der Waals surface area (Å²) in [5.41, 5.74) is 3.64. The normalized spacial score (nSPS) is 12.3. The highest BCUT2D eigenvalue weighted by atomic mass is 32.2. The van der Waals surface area contributed by atoms with Gasteiger partial charge in [0, 0.05) is 0 Å². The zero-order valence-electron chi connectivity index (χ0n) is 20.1. The van der Waals surface area contributed by atoms with Crippen molar-refractivity contribution in [3.63, 3.8) is 0 Å². The number of rotatable bonds is 4. The zero-order chi connectivity index (χ0) is 25.1. The summed E-state index contributed by atoms with van der Waals surface area (Å²) in [6.45, 7) is 11.2. The highest BCUT2D eigenvalue weighted by molar-refractivity contribution is 7.85. The van der Waals surface area contributed by atoms with E-state index in [4.69, 9.17) is 4.55 Å². The van der Waals surface area contributed by atoms with E-state index in [9.17, 15) is 13.5 Å². The molecule has 0 radical (unpaired) electrons. The van der Waals surface area contributed by atoms with Crippen LogP contribution in [-0.2, 0) is 15.5 Å². The number of phenolic OH excluding ortho intramolecular Hbond substituents is 1. The third-order valence-corrected chi connectivity index (χ3v) is 6.14. The molecule has 0 aliphatic heterocycles. The number of phenols is 1. The lowest BCUT2D eigenvalue weighted by molar-refractivity contribution is 0.284. The molecule has 34 heavy (non-hydrogen) atoms. The first kappa shape index (κ1) is 25.4. The molecular weight excluding hydrogens is 450 g/mol. The van der Waals surface area contributed by atoms with Gasteiger partial charge in [0.2, 0.25) is 0 Å². The van der Waals surface area contributed by atoms with Gasteiger partial charge in [-0.25, -0.2) is 0 Å². The van der Waals surface area contributed by atoms with E-state index in [2.05, 4.69) is 44.8 Å². The molecule has 4 aromatic rings. The number of fused-ring (bicyclic) bond motifs is 1. The van der Waals surface area contributed by atoms with Crippen LogP contribution in [0.1, 0.15) is 46.6 Å². The van der Waals surface area contributed by atoms with Gasteiger partial charge in [-0.2, -0.15) is 8.42 Å². The molecule has 0 unspecified atom stereocenters. The quantitative estimate of drug-likeness (QED) is 0.358. The van der Waals surface area contributed by atoms with Crippen LogP contribution in [0.4, 0.5) is 0 Å². The second-order valence-corrected chi connectivity index (χ2v) is 11.5. The summed E-state index contributed by atoms with van der Waals surface area (Å²) < 4.78 is 29.2. The molecule has 0 saturated heterocycles. The van der Waals surface area contributed by atoms with Crippen molar-refractivity contribution in [2.45, 2.75) is 51.3 Å². The third kappa shape index (κ3) is 6.42. The van der Waals surface area contributed by atoms with Gasteiger partial charge in [-0.15, -0.1) is 15.0 Å². The summed E-state index contributed by atoms with van der Waals surface area (Å²) in [6.07, 6.45) is 1.04. The molecule has 7 nitrogen and oxygen atoms in total. The molecule has 1 heterocycles. The lowest BCUT2D eigenvalue weighted by Gasteiger charge is -2.33. The van der Waals surface area contributed by atoms with Crippen molar-refractivity contribution in [3.05, 3.63) is 78.4 Å². The lowest BCUT2D eigenvalue weighted by Crippen LogP contribution is -2.25. The number of aromatic nitrogens is 3. The van der Waals surface area contributed by atoms with Gasteiger partial charge in [0.05, 0.1) is 4.90 Å². The second kappa shape index (κ2) is 9.56. The summed E-state index contributed by atoms with van der Waals surface area (Å²) >= 11 is 0. The fourth-order valence-electron chi connectivity index (χ4n) is 4.09. The summed E-state index contributed by atoms with van der Waals surface area (Å²) in [6, 6.07) is 20.9.